The third-order valence-corrected chi connectivity index (χ3v) is 2.94. The molecule has 2 aromatic carbocycles. The molecule has 0 unspecified atom stereocenters. The van der Waals surface area contributed by atoms with Gasteiger partial charge in [-0.25, -0.2) is 5.53 Å². The van der Waals surface area contributed by atoms with Crippen molar-refractivity contribution in [3.63, 3.8) is 0 Å². The summed E-state index contributed by atoms with van der Waals surface area (Å²) in [7, 11) is 0. The lowest BCUT2D eigenvalue weighted by molar-refractivity contribution is 0.102. The molecule has 5 N–H and O–H groups in total. The summed E-state index contributed by atoms with van der Waals surface area (Å²) >= 11 is 0. The zero-order chi connectivity index (χ0) is 17.4. The lowest BCUT2D eigenvalue weighted by Gasteiger charge is -2.11. The molecule has 0 heterocycles. The second kappa shape index (κ2) is 8.37. The van der Waals surface area contributed by atoms with E-state index in [-0.39, 0.29) is 12.0 Å². The summed E-state index contributed by atoms with van der Waals surface area (Å²) < 4.78 is 5.56. The van der Waals surface area contributed by atoms with E-state index in [4.69, 9.17) is 10.6 Å². The third-order valence-electron chi connectivity index (χ3n) is 2.94. The summed E-state index contributed by atoms with van der Waals surface area (Å²) in [4.78, 5) is 12.2. The van der Waals surface area contributed by atoms with Crippen molar-refractivity contribution in [1.82, 2.24) is 5.53 Å². The van der Waals surface area contributed by atoms with E-state index in [9.17, 15) is 4.79 Å². The van der Waals surface area contributed by atoms with Crippen molar-refractivity contribution >= 4 is 17.3 Å². The summed E-state index contributed by atoms with van der Waals surface area (Å²) in [6.45, 7) is 3.92. The van der Waals surface area contributed by atoms with Crippen LogP contribution in [0.3, 0.4) is 0 Å². The summed E-state index contributed by atoms with van der Waals surface area (Å²) in [6.07, 6.45) is 0.110. The van der Waals surface area contributed by atoms with E-state index < -0.39 is 0 Å². The van der Waals surface area contributed by atoms with E-state index in [2.05, 4.69) is 26.7 Å². The first kappa shape index (κ1) is 17.1. The Morgan fingerprint density at radius 2 is 1.67 bits per heavy atom. The van der Waals surface area contributed by atoms with E-state index in [0.29, 0.717) is 16.9 Å². The van der Waals surface area contributed by atoms with Gasteiger partial charge in [0.2, 0.25) is 0 Å². The van der Waals surface area contributed by atoms with Crippen LogP contribution in [-0.2, 0) is 0 Å². The molecule has 2 aromatic rings. The Morgan fingerprint density at radius 3 is 2.25 bits per heavy atom. The lowest BCUT2D eigenvalue weighted by Crippen LogP contribution is -2.15. The van der Waals surface area contributed by atoms with Crippen LogP contribution >= 0.6 is 0 Å². The number of rotatable bonds is 7. The number of nitrogens with one attached hydrogen (secondary N) is 3. The number of benzene rings is 2. The minimum absolute atomic E-state index is 0.110. The summed E-state index contributed by atoms with van der Waals surface area (Å²) in [6, 6.07) is 14.1. The number of nitrogens with zero attached hydrogens (tertiary/aromatic N) is 2. The fourth-order valence-corrected chi connectivity index (χ4v) is 1.92. The maximum absolute atomic E-state index is 12.2. The molecule has 0 atom stereocenters. The molecule has 0 aliphatic carbocycles. The fourth-order valence-electron chi connectivity index (χ4n) is 1.92. The average molecular weight is 328 g/mol. The van der Waals surface area contributed by atoms with Crippen LogP contribution in [-0.4, -0.2) is 12.0 Å². The number of hydrogen-bond donors (Lipinski definition) is 4. The van der Waals surface area contributed by atoms with Crippen molar-refractivity contribution < 1.29 is 9.53 Å². The first-order chi connectivity index (χ1) is 11.6. The molecule has 126 valence electrons. The quantitative estimate of drug-likeness (QED) is 0.354. The molecule has 1 amide bonds. The van der Waals surface area contributed by atoms with Crippen molar-refractivity contribution in [2.45, 2.75) is 20.0 Å². The number of hydrogen-bond acceptors (Lipinski definition) is 5. The first-order valence-electron chi connectivity index (χ1n) is 7.37. The van der Waals surface area contributed by atoms with Gasteiger partial charge in [-0.1, -0.05) is 5.22 Å². The van der Waals surface area contributed by atoms with Gasteiger partial charge in [0.1, 0.15) is 5.75 Å². The molecule has 0 aliphatic rings. The van der Waals surface area contributed by atoms with E-state index in [0.717, 1.165) is 5.75 Å². The van der Waals surface area contributed by atoms with Gasteiger partial charge < -0.3 is 15.9 Å². The predicted octanol–water partition coefficient (Wildman–Crippen LogP) is 2.88. The molecule has 0 saturated heterocycles. The van der Waals surface area contributed by atoms with Crippen LogP contribution in [0.1, 0.15) is 24.2 Å². The highest BCUT2D eigenvalue weighted by Crippen LogP contribution is 2.18. The molecule has 0 fully saturated rings. The number of nitrogens with two attached hydrogens (primary N) is 1. The predicted molar refractivity (Wildman–Crippen MR) is 92.4 cm³/mol. The standard InChI is InChI=1S/C16H20N6O2/c1-11(2)24-15-9-7-13(8-10-15)18-16(23)12-3-5-14(6-4-12)19-21-22-20-17/h3-11H,1-2H3,(H,18,23)(H,20,21)(H3,17,19,22). The summed E-state index contributed by atoms with van der Waals surface area (Å²) in [5.41, 5.74) is 7.12. The maximum atomic E-state index is 12.2. The highest BCUT2D eigenvalue weighted by molar-refractivity contribution is 6.04. The van der Waals surface area contributed by atoms with Gasteiger partial charge in [0.05, 0.1) is 11.8 Å². The van der Waals surface area contributed by atoms with E-state index in [1.165, 1.54) is 0 Å². The zero-order valence-corrected chi connectivity index (χ0v) is 13.5. The summed E-state index contributed by atoms with van der Waals surface area (Å²) in [5, 5.41) is 9.23. The van der Waals surface area contributed by atoms with Crippen molar-refractivity contribution in [2.75, 3.05) is 10.7 Å². The van der Waals surface area contributed by atoms with Crippen molar-refractivity contribution in [2.24, 2.45) is 16.3 Å². The smallest absolute Gasteiger partial charge is 0.255 e. The Labute approximate surface area is 140 Å². The van der Waals surface area contributed by atoms with Gasteiger partial charge in [-0.15, -0.1) is 0 Å². The van der Waals surface area contributed by atoms with Gasteiger partial charge in [-0.3, -0.25) is 10.2 Å². The first-order valence-corrected chi connectivity index (χ1v) is 7.37. The number of carbonyl (C=O) groups is 1. The molecule has 0 aromatic heterocycles. The van der Waals surface area contributed by atoms with Gasteiger partial charge >= 0.3 is 0 Å². The Balaban J connectivity index is 1.94. The minimum Gasteiger partial charge on any atom is -0.491 e. The van der Waals surface area contributed by atoms with Crippen molar-refractivity contribution in [3.05, 3.63) is 54.1 Å². The molecule has 8 nitrogen and oxygen atoms in total. The molecule has 0 aliphatic heterocycles. The topological polar surface area (TPSA) is 113 Å². The molecule has 24 heavy (non-hydrogen) atoms. The lowest BCUT2D eigenvalue weighted by atomic mass is 10.2. The Kier molecular flexibility index (Phi) is 5.95. The molecule has 8 heteroatoms. The second-order valence-electron chi connectivity index (χ2n) is 5.17. The molecular formula is C16H20N6O2. The molecule has 2 rings (SSSR count). The van der Waals surface area contributed by atoms with E-state index >= 15 is 0 Å². The monoisotopic (exact) mass is 328 g/mol. The number of hydrazine groups is 1. The van der Waals surface area contributed by atoms with Crippen molar-refractivity contribution in [3.8, 4) is 5.75 Å². The van der Waals surface area contributed by atoms with Crippen LogP contribution in [0.25, 0.3) is 0 Å². The number of ether oxygens (including phenoxy) is 1. The fraction of sp³-hybridized carbons (Fsp3) is 0.188. The number of carbonyl (C=O) groups excluding carboxylic acids is 1. The van der Waals surface area contributed by atoms with Crippen LogP contribution in [0.15, 0.2) is 59.0 Å². The van der Waals surface area contributed by atoms with Crippen LogP contribution in [0, 0.1) is 0 Å². The van der Waals surface area contributed by atoms with Gasteiger partial charge in [-0.05, 0) is 67.6 Å². The Hall–Kier alpha value is -3.29. The van der Waals surface area contributed by atoms with Gasteiger partial charge in [0.15, 0.2) is 0 Å². The molecule has 0 spiro atoms. The van der Waals surface area contributed by atoms with Crippen LogP contribution in [0.5, 0.6) is 5.75 Å². The number of anilines is 2. The highest BCUT2D eigenvalue weighted by Gasteiger charge is 2.06. The largest absolute Gasteiger partial charge is 0.491 e. The van der Waals surface area contributed by atoms with Crippen LogP contribution in [0.2, 0.25) is 0 Å². The van der Waals surface area contributed by atoms with E-state index in [1.807, 2.05) is 26.0 Å². The third kappa shape index (κ3) is 5.16. The van der Waals surface area contributed by atoms with Gasteiger partial charge in [0, 0.05) is 11.3 Å². The van der Waals surface area contributed by atoms with E-state index in [1.54, 1.807) is 36.4 Å². The number of amides is 1. The molecular weight excluding hydrogens is 308 g/mol. The minimum atomic E-state index is -0.200. The summed E-state index contributed by atoms with van der Waals surface area (Å²) in [5.74, 6) is 5.42. The molecule has 0 bridgehead atoms. The van der Waals surface area contributed by atoms with Gasteiger partial charge in [0.25, 0.3) is 5.91 Å². The average Bonchev–Trinajstić information content (AvgIpc) is 2.57. The van der Waals surface area contributed by atoms with Crippen LogP contribution < -0.4 is 26.9 Å². The Bertz CT molecular complexity index is 683. The zero-order valence-electron chi connectivity index (χ0n) is 13.5. The van der Waals surface area contributed by atoms with Gasteiger partial charge in [-0.2, -0.15) is 0 Å². The second-order valence-corrected chi connectivity index (χ2v) is 5.17. The molecule has 0 saturated carbocycles. The highest BCUT2D eigenvalue weighted by atomic mass is 16.5. The molecule has 0 radical (unpaired) electrons. The normalized spacial score (nSPS) is 10.6. The van der Waals surface area contributed by atoms with Crippen LogP contribution in [0.4, 0.5) is 11.4 Å². The Morgan fingerprint density at radius 1 is 1.04 bits per heavy atom. The SMILES string of the molecule is CC(C)Oc1ccc(NC(=O)c2ccc(NN/N=N\N)cc2)cc1. The van der Waals surface area contributed by atoms with Crippen molar-refractivity contribution in [1.29, 1.82) is 0 Å². The maximum Gasteiger partial charge on any atom is 0.255 e.